The van der Waals surface area contributed by atoms with Crippen molar-refractivity contribution >= 4 is 34.8 Å². The molecule has 3 rings (SSSR count). The number of carbonyl (C=O) groups is 2. The van der Waals surface area contributed by atoms with E-state index in [9.17, 15) is 9.59 Å². The summed E-state index contributed by atoms with van der Waals surface area (Å²) in [5.74, 6) is 0.0153. The van der Waals surface area contributed by atoms with Crippen molar-refractivity contribution in [3.63, 3.8) is 0 Å². The van der Waals surface area contributed by atoms with Crippen molar-refractivity contribution in [2.75, 3.05) is 19.6 Å². The summed E-state index contributed by atoms with van der Waals surface area (Å²) in [6, 6.07) is 7.53. The molecular weight excluding hydrogens is 382 g/mol. The summed E-state index contributed by atoms with van der Waals surface area (Å²) in [6.07, 6.45) is 5.12. The standard InChI is InChI=1S/C20H24ClN3O2S/c21-17-8-4-3-7-16(17)20-23-15(14-27-20)13-18(25)22-10-9-19(26)24-11-5-1-2-6-12-24/h3-4,7-8,14H,1-2,5-6,9-13H2,(H,22,25). The summed E-state index contributed by atoms with van der Waals surface area (Å²) >= 11 is 7.67. The number of rotatable bonds is 6. The van der Waals surface area contributed by atoms with Crippen LogP contribution in [0.4, 0.5) is 0 Å². The molecule has 2 amide bonds. The van der Waals surface area contributed by atoms with Gasteiger partial charge in [0.05, 0.1) is 17.1 Å². The van der Waals surface area contributed by atoms with Gasteiger partial charge in [0.15, 0.2) is 0 Å². The molecule has 0 saturated carbocycles. The zero-order chi connectivity index (χ0) is 19.1. The zero-order valence-corrected chi connectivity index (χ0v) is 16.8. The number of thiazole rings is 1. The predicted molar refractivity (Wildman–Crippen MR) is 109 cm³/mol. The highest BCUT2D eigenvalue weighted by atomic mass is 35.5. The number of hydrogen-bond donors (Lipinski definition) is 1. The fraction of sp³-hybridized carbons (Fsp3) is 0.450. The Hall–Kier alpha value is -1.92. The van der Waals surface area contributed by atoms with E-state index in [2.05, 4.69) is 10.3 Å². The molecule has 5 nitrogen and oxygen atoms in total. The minimum absolute atomic E-state index is 0.116. The Balaban J connectivity index is 1.44. The molecule has 0 spiro atoms. The van der Waals surface area contributed by atoms with Crippen LogP contribution in [0, 0.1) is 0 Å². The monoisotopic (exact) mass is 405 g/mol. The number of nitrogens with zero attached hydrogens (tertiary/aromatic N) is 2. The Bertz CT molecular complexity index is 785. The number of amides is 2. The molecule has 27 heavy (non-hydrogen) atoms. The largest absolute Gasteiger partial charge is 0.355 e. The lowest BCUT2D eigenvalue weighted by molar-refractivity contribution is -0.131. The van der Waals surface area contributed by atoms with Gasteiger partial charge in [-0.3, -0.25) is 9.59 Å². The summed E-state index contributed by atoms with van der Waals surface area (Å²) in [5, 5.41) is 6.16. The molecule has 1 aromatic carbocycles. The van der Waals surface area contributed by atoms with Gasteiger partial charge in [-0.25, -0.2) is 4.98 Å². The second-order valence-electron chi connectivity index (χ2n) is 6.70. The summed E-state index contributed by atoms with van der Waals surface area (Å²) in [7, 11) is 0. The minimum atomic E-state index is -0.116. The second-order valence-corrected chi connectivity index (χ2v) is 7.96. The van der Waals surface area contributed by atoms with Gasteiger partial charge in [0.2, 0.25) is 11.8 Å². The topological polar surface area (TPSA) is 62.3 Å². The highest BCUT2D eigenvalue weighted by molar-refractivity contribution is 7.13. The van der Waals surface area contributed by atoms with Crippen LogP contribution in [0.1, 0.15) is 37.8 Å². The van der Waals surface area contributed by atoms with Gasteiger partial charge in [0, 0.05) is 37.0 Å². The molecule has 2 aromatic rings. The number of carbonyl (C=O) groups excluding carboxylic acids is 2. The Labute approximate surface area is 168 Å². The van der Waals surface area contributed by atoms with Gasteiger partial charge in [0.1, 0.15) is 5.01 Å². The first kappa shape index (κ1) is 19.8. The number of aromatic nitrogens is 1. The Morgan fingerprint density at radius 2 is 1.89 bits per heavy atom. The molecule has 144 valence electrons. The lowest BCUT2D eigenvalue weighted by Gasteiger charge is -2.20. The highest BCUT2D eigenvalue weighted by Crippen LogP contribution is 2.30. The fourth-order valence-electron chi connectivity index (χ4n) is 3.16. The molecule has 0 aliphatic carbocycles. The van der Waals surface area contributed by atoms with E-state index < -0.39 is 0 Å². The molecule has 1 aromatic heterocycles. The average molecular weight is 406 g/mol. The summed E-state index contributed by atoms with van der Waals surface area (Å²) in [4.78, 5) is 30.8. The third-order valence-corrected chi connectivity index (χ3v) is 5.87. The molecule has 1 fully saturated rings. The molecule has 0 unspecified atom stereocenters. The average Bonchev–Trinajstić information content (AvgIpc) is 2.93. The van der Waals surface area contributed by atoms with Gasteiger partial charge in [-0.05, 0) is 18.9 Å². The van der Waals surface area contributed by atoms with E-state index in [0.29, 0.717) is 23.7 Å². The van der Waals surface area contributed by atoms with Crippen molar-refractivity contribution in [3.8, 4) is 10.6 Å². The van der Waals surface area contributed by atoms with Crippen molar-refractivity contribution in [1.82, 2.24) is 15.2 Å². The molecule has 0 bridgehead atoms. The summed E-state index contributed by atoms with van der Waals surface area (Å²) in [5.41, 5.74) is 1.59. The van der Waals surface area contributed by atoms with Crippen LogP contribution in [0.2, 0.25) is 5.02 Å². The maximum Gasteiger partial charge on any atom is 0.226 e. The van der Waals surface area contributed by atoms with Crippen LogP contribution in [-0.2, 0) is 16.0 Å². The van der Waals surface area contributed by atoms with Crippen LogP contribution in [0.25, 0.3) is 10.6 Å². The van der Waals surface area contributed by atoms with E-state index in [1.54, 1.807) is 0 Å². The molecule has 7 heteroatoms. The Morgan fingerprint density at radius 1 is 1.15 bits per heavy atom. The van der Waals surface area contributed by atoms with E-state index in [-0.39, 0.29) is 18.2 Å². The maximum atomic E-state index is 12.2. The van der Waals surface area contributed by atoms with E-state index in [4.69, 9.17) is 11.6 Å². The number of nitrogens with one attached hydrogen (secondary N) is 1. The van der Waals surface area contributed by atoms with E-state index in [1.807, 2.05) is 34.5 Å². The molecule has 1 saturated heterocycles. The Kier molecular flexibility index (Phi) is 7.24. The number of likely N-dealkylation sites (tertiary alicyclic amines) is 1. The zero-order valence-electron chi connectivity index (χ0n) is 15.2. The van der Waals surface area contributed by atoms with Crippen molar-refractivity contribution in [3.05, 3.63) is 40.4 Å². The molecule has 1 aliphatic heterocycles. The fourth-order valence-corrected chi connectivity index (χ4v) is 4.30. The van der Waals surface area contributed by atoms with Crippen LogP contribution in [0.5, 0.6) is 0 Å². The minimum Gasteiger partial charge on any atom is -0.355 e. The summed E-state index contributed by atoms with van der Waals surface area (Å²) in [6.45, 7) is 2.06. The smallest absolute Gasteiger partial charge is 0.226 e. The van der Waals surface area contributed by atoms with Crippen LogP contribution in [-0.4, -0.2) is 41.3 Å². The SMILES string of the molecule is O=C(Cc1csc(-c2ccccc2Cl)n1)NCCC(=O)N1CCCCCC1. The highest BCUT2D eigenvalue weighted by Gasteiger charge is 2.16. The number of halogens is 1. The Morgan fingerprint density at radius 3 is 2.63 bits per heavy atom. The molecule has 2 heterocycles. The normalized spacial score (nSPS) is 14.6. The summed E-state index contributed by atoms with van der Waals surface area (Å²) < 4.78 is 0. The lowest BCUT2D eigenvalue weighted by Crippen LogP contribution is -2.35. The lowest BCUT2D eigenvalue weighted by atomic mass is 10.2. The maximum absolute atomic E-state index is 12.2. The third kappa shape index (κ3) is 5.78. The van der Waals surface area contributed by atoms with Crippen molar-refractivity contribution in [1.29, 1.82) is 0 Å². The van der Waals surface area contributed by atoms with Crippen molar-refractivity contribution in [2.24, 2.45) is 0 Å². The van der Waals surface area contributed by atoms with E-state index in [0.717, 1.165) is 36.5 Å². The van der Waals surface area contributed by atoms with Gasteiger partial charge in [-0.2, -0.15) is 0 Å². The molecular formula is C20H24ClN3O2S. The van der Waals surface area contributed by atoms with E-state index in [1.165, 1.54) is 24.2 Å². The third-order valence-electron chi connectivity index (χ3n) is 4.62. The van der Waals surface area contributed by atoms with Crippen molar-refractivity contribution in [2.45, 2.75) is 38.5 Å². The molecule has 0 radical (unpaired) electrons. The quantitative estimate of drug-likeness (QED) is 0.792. The first-order chi connectivity index (χ1) is 13.1. The van der Waals surface area contributed by atoms with Crippen LogP contribution in [0.3, 0.4) is 0 Å². The predicted octanol–water partition coefficient (Wildman–Crippen LogP) is 3.91. The first-order valence-electron chi connectivity index (χ1n) is 9.37. The van der Waals surface area contributed by atoms with Gasteiger partial charge in [-0.1, -0.05) is 42.6 Å². The van der Waals surface area contributed by atoms with Crippen LogP contribution in [0.15, 0.2) is 29.6 Å². The van der Waals surface area contributed by atoms with Crippen LogP contribution < -0.4 is 5.32 Å². The number of hydrogen-bond acceptors (Lipinski definition) is 4. The van der Waals surface area contributed by atoms with E-state index >= 15 is 0 Å². The van der Waals surface area contributed by atoms with Gasteiger partial charge >= 0.3 is 0 Å². The molecule has 1 aliphatic rings. The van der Waals surface area contributed by atoms with Gasteiger partial charge in [-0.15, -0.1) is 11.3 Å². The number of benzene rings is 1. The van der Waals surface area contributed by atoms with Gasteiger partial charge < -0.3 is 10.2 Å². The molecule has 0 atom stereocenters. The molecule has 1 N–H and O–H groups in total. The van der Waals surface area contributed by atoms with Crippen LogP contribution >= 0.6 is 22.9 Å². The first-order valence-corrected chi connectivity index (χ1v) is 10.6. The van der Waals surface area contributed by atoms with Gasteiger partial charge in [0.25, 0.3) is 0 Å². The van der Waals surface area contributed by atoms with Crippen molar-refractivity contribution < 1.29 is 9.59 Å². The second kappa shape index (κ2) is 9.85.